The van der Waals surface area contributed by atoms with E-state index in [4.69, 9.17) is 0 Å². The first-order valence-corrected chi connectivity index (χ1v) is 28.6. The fraction of sp³-hybridized carbons (Fsp3) is 0. The molecule has 0 saturated heterocycles. The first kappa shape index (κ1) is 37.9. The fourth-order valence-electron chi connectivity index (χ4n) is 8.85. The maximum Gasteiger partial charge on any atom is 1.00 e. The molecular formula is C48H40NaOSi4. The summed E-state index contributed by atoms with van der Waals surface area (Å²) in [5, 5.41) is 9.64. The van der Waals surface area contributed by atoms with Gasteiger partial charge in [-0.05, 0) is 0 Å². The largest absolute Gasteiger partial charge is 1.00 e. The van der Waals surface area contributed by atoms with Crippen LogP contribution < -0.4 is 75.8 Å². The van der Waals surface area contributed by atoms with Crippen molar-refractivity contribution < 1.29 is 34.4 Å². The minimum absolute atomic E-state index is 0. The molecule has 8 rings (SSSR count). The van der Waals surface area contributed by atoms with Crippen molar-refractivity contribution >= 4 is 71.9 Å². The summed E-state index contributed by atoms with van der Waals surface area (Å²) >= 11 is 0. The maximum atomic E-state index is 18.3. The topological polar surface area (TPSA) is 23.1 Å². The zero-order valence-corrected chi connectivity index (χ0v) is 36.5. The Morgan fingerprint density at radius 1 is 0.278 bits per heavy atom. The van der Waals surface area contributed by atoms with E-state index in [-0.39, 0.29) is 29.6 Å². The van der Waals surface area contributed by atoms with Crippen LogP contribution in [0.2, 0.25) is 0 Å². The van der Waals surface area contributed by atoms with Crippen molar-refractivity contribution in [3.63, 3.8) is 0 Å². The predicted molar refractivity (Wildman–Crippen MR) is 232 cm³/mol. The molecule has 1 nitrogen and oxygen atoms in total. The van der Waals surface area contributed by atoms with E-state index in [2.05, 4.69) is 243 Å². The number of hydrogen-bond acceptors (Lipinski definition) is 1. The van der Waals surface area contributed by atoms with E-state index in [1.54, 1.807) is 0 Å². The Balaban J connectivity index is 0.00000450. The van der Waals surface area contributed by atoms with Crippen molar-refractivity contribution in [2.24, 2.45) is 0 Å². The zero-order chi connectivity index (χ0) is 36.0. The standard InChI is InChI=1S/C48H40OSi4.Na/c49-51(43-29-13-3-14-30-43,44-31-15-4-16-32-44)53(47-37-21-7-22-38-47,48-39-23-8-24-40-48)52(45-33-17-5-18-34-45,46-35-19-6-20-36-46)50(41-25-9-1-10-26-41)42-27-11-2-12-28-42;/h1-40H;/q-1;+1. The molecule has 8 aromatic carbocycles. The van der Waals surface area contributed by atoms with Crippen molar-refractivity contribution in [1.29, 1.82) is 0 Å². The van der Waals surface area contributed by atoms with Crippen molar-refractivity contribution in [2.75, 3.05) is 0 Å². The molecule has 0 aliphatic heterocycles. The monoisotopic (exact) mass is 767 g/mol. The summed E-state index contributed by atoms with van der Waals surface area (Å²) in [6.45, 7) is 0. The normalized spacial score (nSPS) is 11.8. The van der Waals surface area contributed by atoms with E-state index >= 15 is 4.80 Å². The first-order chi connectivity index (χ1) is 26.2. The van der Waals surface area contributed by atoms with Crippen molar-refractivity contribution in [2.45, 2.75) is 0 Å². The van der Waals surface area contributed by atoms with Gasteiger partial charge in [-0.1, -0.05) is 284 Å². The van der Waals surface area contributed by atoms with Crippen LogP contribution in [0.1, 0.15) is 0 Å². The van der Waals surface area contributed by atoms with Gasteiger partial charge in [0.05, 0.1) is 0 Å². The quantitative estimate of drug-likeness (QED) is 0.182. The number of rotatable bonds is 11. The molecule has 1 radical (unpaired) electrons. The van der Waals surface area contributed by atoms with Crippen LogP contribution in [-0.4, -0.2) is 30.4 Å². The van der Waals surface area contributed by atoms with Crippen LogP contribution in [0, 0.1) is 0 Å². The van der Waals surface area contributed by atoms with Gasteiger partial charge in [-0.3, -0.25) is 0 Å². The molecule has 0 atom stereocenters. The molecule has 6 heteroatoms. The van der Waals surface area contributed by atoms with Gasteiger partial charge < -0.3 is 4.80 Å². The molecule has 0 amide bonds. The van der Waals surface area contributed by atoms with Crippen LogP contribution in [-0.2, 0) is 0 Å². The molecule has 0 heterocycles. The van der Waals surface area contributed by atoms with Gasteiger partial charge >= 0.3 is 29.6 Å². The van der Waals surface area contributed by atoms with E-state index in [9.17, 15) is 0 Å². The molecule has 0 aliphatic rings. The van der Waals surface area contributed by atoms with Crippen molar-refractivity contribution in [3.05, 3.63) is 243 Å². The third kappa shape index (κ3) is 6.34. The smallest absolute Gasteiger partial charge is 0.853 e. The molecule has 0 bridgehead atoms. The third-order valence-electron chi connectivity index (χ3n) is 10.8. The van der Waals surface area contributed by atoms with Crippen LogP contribution >= 0.6 is 0 Å². The second kappa shape index (κ2) is 16.9. The van der Waals surface area contributed by atoms with E-state index < -0.39 is 30.4 Å². The zero-order valence-electron chi connectivity index (χ0n) is 30.5. The Hall–Kier alpha value is -4.41. The van der Waals surface area contributed by atoms with Gasteiger partial charge in [0.25, 0.3) is 0 Å². The van der Waals surface area contributed by atoms with Crippen LogP contribution in [0.25, 0.3) is 0 Å². The second-order valence-corrected chi connectivity index (χ2v) is 38.8. The minimum atomic E-state index is -4.12. The molecule has 54 heavy (non-hydrogen) atoms. The van der Waals surface area contributed by atoms with Gasteiger partial charge in [-0.2, -0.15) is 0 Å². The van der Waals surface area contributed by atoms with Crippen LogP contribution in [0.3, 0.4) is 0 Å². The summed E-state index contributed by atoms with van der Waals surface area (Å²) in [5.41, 5.74) is 0. The van der Waals surface area contributed by atoms with Crippen LogP contribution in [0.5, 0.6) is 0 Å². The van der Waals surface area contributed by atoms with Gasteiger partial charge in [0.2, 0.25) is 0 Å². The first-order valence-electron chi connectivity index (χ1n) is 18.2. The van der Waals surface area contributed by atoms with E-state index in [0.29, 0.717) is 0 Å². The van der Waals surface area contributed by atoms with Crippen LogP contribution in [0.4, 0.5) is 0 Å². The molecule has 0 N–H and O–H groups in total. The molecule has 0 saturated carbocycles. The maximum absolute atomic E-state index is 18.3. The Morgan fingerprint density at radius 3 is 0.778 bits per heavy atom. The third-order valence-corrected chi connectivity index (χ3v) is 56.2. The molecular weight excluding hydrogens is 728 g/mol. The molecule has 0 aliphatic carbocycles. The van der Waals surface area contributed by atoms with E-state index in [1.807, 2.05) is 0 Å². The van der Waals surface area contributed by atoms with Crippen LogP contribution in [0.15, 0.2) is 243 Å². The van der Waals surface area contributed by atoms with Crippen molar-refractivity contribution in [3.8, 4) is 0 Å². The van der Waals surface area contributed by atoms with Gasteiger partial charge in [0.15, 0.2) is 0 Å². The van der Waals surface area contributed by atoms with Crippen molar-refractivity contribution in [1.82, 2.24) is 0 Å². The molecule has 255 valence electrons. The molecule has 8 aromatic rings. The number of hydrogen-bond donors (Lipinski definition) is 0. The minimum Gasteiger partial charge on any atom is -0.853 e. The second-order valence-electron chi connectivity index (χ2n) is 13.5. The van der Waals surface area contributed by atoms with Gasteiger partial charge in [0.1, 0.15) is 22.5 Å². The summed E-state index contributed by atoms with van der Waals surface area (Å²) < 4.78 is 0. The van der Waals surface area contributed by atoms with Gasteiger partial charge in [0, 0.05) is 7.83 Å². The average molecular weight is 768 g/mol. The summed E-state index contributed by atoms with van der Waals surface area (Å²) in [5.74, 6) is 0. The Labute approximate surface area is 346 Å². The fourth-order valence-corrected chi connectivity index (χ4v) is 71.0. The predicted octanol–water partition coefficient (Wildman–Crippen LogP) is 1.18. The molecule has 0 fully saturated rings. The number of benzene rings is 8. The molecule has 0 spiro atoms. The summed E-state index contributed by atoms with van der Waals surface area (Å²) in [4.78, 5) is 18.3. The Bertz CT molecular complexity index is 2180. The average Bonchev–Trinajstić information content (AvgIpc) is 3.26. The molecule has 0 aromatic heterocycles. The van der Waals surface area contributed by atoms with Gasteiger partial charge in [-0.25, -0.2) is 0 Å². The Morgan fingerprint density at radius 2 is 0.500 bits per heavy atom. The van der Waals surface area contributed by atoms with E-state index in [1.165, 1.54) is 31.1 Å². The Kier molecular flexibility index (Phi) is 11.9. The summed E-state index contributed by atoms with van der Waals surface area (Å²) in [6.07, 6.45) is 0. The summed E-state index contributed by atoms with van der Waals surface area (Å²) in [6, 6.07) is 88.4. The molecule has 0 unspecified atom stereocenters. The SMILES string of the molecule is [Na+].[O-][Si](c1ccccc1)(c1ccccc1)[Si](c1ccccc1)(c1ccccc1)[Si](c1ccccc1)(c1ccccc1)[Si](c1ccccc1)c1ccccc1. The van der Waals surface area contributed by atoms with Gasteiger partial charge in [-0.15, -0.1) is 0 Å². The van der Waals surface area contributed by atoms with E-state index in [0.717, 1.165) is 10.4 Å². The summed E-state index contributed by atoms with van der Waals surface area (Å²) in [7, 11) is -13.1.